The van der Waals surface area contributed by atoms with Crippen molar-refractivity contribution in [3.63, 3.8) is 0 Å². The van der Waals surface area contributed by atoms with Crippen molar-refractivity contribution in [3.05, 3.63) is 111 Å². The molecule has 4 aromatic rings. The van der Waals surface area contributed by atoms with Gasteiger partial charge in [-0.05, 0) is 50.0 Å². The first-order valence-corrected chi connectivity index (χ1v) is 12.2. The lowest BCUT2D eigenvalue weighted by Gasteiger charge is -2.17. The highest BCUT2D eigenvalue weighted by atomic mass is 35.5. The number of nitrogens with one attached hydrogen (secondary N) is 1. The van der Waals surface area contributed by atoms with Crippen molar-refractivity contribution < 1.29 is 14.3 Å². The number of carbonyl (C=O) groups excluding carboxylic acids is 2. The fourth-order valence-corrected chi connectivity index (χ4v) is 4.13. The molecule has 1 heterocycles. The van der Waals surface area contributed by atoms with Gasteiger partial charge >= 0.3 is 6.09 Å². The summed E-state index contributed by atoms with van der Waals surface area (Å²) in [5.74, 6) is 0.702. The number of ketones is 1. The van der Waals surface area contributed by atoms with E-state index in [0.717, 1.165) is 5.56 Å². The third kappa shape index (κ3) is 6.54. The third-order valence-corrected chi connectivity index (χ3v) is 5.99. The van der Waals surface area contributed by atoms with E-state index in [2.05, 4.69) is 15.5 Å². The molecule has 0 atom stereocenters. The van der Waals surface area contributed by atoms with Crippen molar-refractivity contribution in [2.45, 2.75) is 19.7 Å². The second-order valence-corrected chi connectivity index (χ2v) is 9.34. The highest BCUT2D eigenvalue weighted by Gasteiger charge is 2.23. The van der Waals surface area contributed by atoms with E-state index in [0.29, 0.717) is 45.1 Å². The topological polar surface area (TPSA) is 89.3 Å². The van der Waals surface area contributed by atoms with E-state index in [9.17, 15) is 9.59 Å². The molecule has 190 valence electrons. The number of amides is 1. The van der Waals surface area contributed by atoms with Crippen molar-refractivity contribution in [3.8, 4) is 5.69 Å². The van der Waals surface area contributed by atoms with Crippen molar-refractivity contribution in [2.75, 3.05) is 14.1 Å². The molecule has 4 rings (SSSR count). The summed E-state index contributed by atoms with van der Waals surface area (Å²) in [4.78, 5) is 27.9. The number of hydrogen-bond donors (Lipinski definition) is 1. The van der Waals surface area contributed by atoms with Gasteiger partial charge in [-0.25, -0.2) is 4.79 Å². The smallest absolute Gasteiger partial charge is 0.407 e. The van der Waals surface area contributed by atoms with Gasteiger partial charge in [0.1, 0.15) is 6.61 Å². The number of aromatic nitrogens is 3. The van der Waals surface area contributed by atoms with Crippen LogP contribution in [0.25, 0.3) is 5.69 Å². The van der Waals surface area contributed by atoms with Gasteiger partial charge in [0.2, 0.25) is 0 Å². The second kappa shape index (κ2) is 12.0. The minimum atomic E-state index is -0.601. The first-order chi connectivity index (χ1) is 17.8. The predicted octanol–water partition coefficient (Wildman–Crippen LogP) is 5.29. The first kappa shape index (κ1) is 26.3. The molecule has 10 heteroatoms. The Morgan fingerprint density at radius 2 is 1.62 bits per heavy atom. The number of rotatable bonds is 9. The third-order valence-electron chi connectivity index (χ3n) is 5.42. The number of benzene rings is 3. The van der Waals surface area contributed by atoms with Crippen LogP contribution >= 0.6 is 23.2 Å². The average Bonchev–Trinajstić information content (AvgIpc) is 3.28. The highest BCUT2D eigenvalue weighted by Crippen LogP contribution is 2.27. The van der Waals surface area contributed by atoms with Gasteiger partial charge in [0.25, 0.3) is 0 Å². The van der Waals surface area contributed by atoms with Crippen LogP contribution in [0.15, 0.2) is 72.8 Å². The van der Waals surface area contributed by atoms with Gasteiger partial charge in [0, 0.05) is 16.1 Å². The molecule has 1 amide bonds. The molecule has 0 aliphatic rings. The molecule has 37 heavy (non-hydrogen) atoms. The van der Waals surface area contributed by atoms with Gasteiger partial charge in [-0.3, -0.25) is 9.36 Å². The van der Waals surface area contributed by atoms with Crippen molar-refractivity contribution in [2.24, 2.45) is 0 Å². The summed E-state index contributed by atoms with van der Waals surface area (Å²) in [6.45, 7) is 0.600. The summed E-state index contributed by atoms with van der Waals surface area (Å²) in [7, 11) is 3.80. The van der Waals surface area contributed by atoms with E-state index in [1.165, 1.54) is 0 Å². The number of alkyl carbamates (subject to hydrolysis) is 1. The molecule has 0 fully saturated rings. The molecule has 0 aliphatic heterocycles. The van der Waals surface area contributed by atoms with Gasteiger partial charge < -0.3 is 15.0 Å². The largest absolute Gasteiger partial charge is 0.445 e. The monoisotopic (exact) mass is 537 g/mol. The lowest BCUT2D eigenvalue weighted by molar-refractivity contribution is 0.103. The summed E-state index contributed by atoms with van der Waals surface area (Å²) in [6.07, 6.45) is -0.601. The maximum Gasteiger partial charge on any atom is 0.407 e. The Labute approximate surface area is 224 Å². The average molecular weight is 538 g/mol. The van der Waals surface area contributed by atoms with Crippen LogP contribution in [0.5, 0.6) is 0 Å². The fraction of sp³-hybridized carbons (Fsp3) is 0.185. The number of carbonyl (C=O) groups is 2. The summed E-state index contributed by atoms with van der Waals surface area (Å²) < 4.78 is 7.06. The van der Waals surface area contributed by atoms with Crippen LogP contribution in [0.2, 0.25) is 10.0 Å². The lowest BCUT2D eigenvalue weighted by atomic mass is 10.0. The van der Waals surface area contributed by atoms with E-state index in [1.807, 2.05) is 49.3 Å². The molecule has 0 saturated heterocycles. The van der Waals surface area contributed by atoms with Crippen LogP contribution in [-0.2, 0) is 24.4 Å². The molecule has 0 spiro atoms. The number of nitrogens with zero attached hydrogens (tertiary/aromatic N) is 4. The molecule has 1 aromatic heterocycles. The zero-order valence-corrected chi connectivity index (χ0v) is 21.8. The van der Waals surface area contributed by atoms with Crippen LogP contribution in [0.3, 0.4) is 0 Å². The number of halogens is 2. The number of hydrogen-bond acceptors (Lipinski definition) is 6. The van der Waals surface area contributed by atoms with Gasteiger partial charge in [0.05, 0.1) is 23.8 Å². The standard InChI is InChI=1S/C27H25Cl2N5O3/c1-33(2)16-25-32-31-24(15-30-27(36)37-17-18-8-4-3-5-9-18)34(25)23-13-12-19(28)14-21(23)26(35)20-10-6-7-11-22(20)29/h3-14H,15-17H2,1-2H3,(H,30,36). The lowest BCUT2D eigenvalue weighted by Crippen LogP contribution is -2.26. The van der Waals surface area contributed by atoms with Crippen LogP contribution in [0.4, 0.5) is 4.79 Å². The van der Waals surface area contributed by atoms with Gasteiger partial charge in [-0.2, -0.15) is 0 Å². The fourth-order valence-electron chi connectivity index (χ4n) is 3.73. The van der Waals surface area contributed by atoms with Crippen LogP contribution in [0.1, 0.15) is 33.1 Å². The number of ether oxygens (including phenoxy) is 1. The zero-order valence-electron chi connectivity index (χ0n) is 20.3. The van der Waals surface area contributed by atoms with Crippen LogP contribution in [0, 0.1) is 0 Å². The first-order valence-electron chi connectivity index (χ1n) is 11.4. The van der Waals surface area contributed by atoms with E-state index in [-0.39, 0.29) is 18.9 Å². The molecule has 0 unspecified atom stereocenters. The predicted molar refractivity (Wildman–Crippen MR) is 142 cm³/mol. The van der Waals surface area contributed by atoms with Crippen molar-refractivity contribution >= 4 is 35.1 Å². The van der Waals surface area contributed by atoms with Gasteiger partial charge in [-0.1, -0.05) is 65.7 Å². The zero-order chi connectivity index (χ0) is 26.4. The molecular weight excluding hydrogens is 513 g/mol. The van der Waals surface area contributed by atoms with Crippen LogP contribution in [-0.4, -0.2) is 45.6 Å². The van der Waals surface area contributed by atoms with Gasteiger partial charge in [-0.15, -0.1) is 10.2 Å². The summed E-state index contributed by atoms with van der Waals surface area (Å²) >= 11 is 12.6. The molecule has 0 radical (unpaired) electrons. The maximum absolute atomic E-state index is 13.6. The Morgan fingerprint density at radius 3 is 2.35 bits per heavy atom. The van der Waals surface area contributed by atoms with E-state index < -0.39 is 6.09 Å². The SMILES string of the molecule is CN(C)Cc1nnc(CNC(=O)OCc2ccccc2)n1-c1ccc(Cl)cc1C(=O)c1ccccc1Cl. The Kier molecular flexibility index (Phi) is 8.55. The van der Waals surface area contributed by atoms with E-state index >= 15 is 0 Å². The minimum absolute atomic E-state index is 0.0242. The Bertz CT molecular complexity index is 1410. The van der Waals surface area contributed by atoms with E-state index in [1.54, 1.807) is 47.0 Å². The summed E-state index contributed by atoms with van der Waals surface area (Å²) in [5, 5.41) is 12.1. The quantitative estimate of drug-likeness (QED) is 0.291. The Hall–Kier alpha value is -3.72. The van der Waals surface area contributed by atoms with Crippen molar-refractivity contribution in [1.82, 2.24) is 25.0 Å². The normalized spacial score (nSPS) is 10.9. The van der Waals surface area contributed by atoms with Crippen molar-refractivity contribution in [1.29, 1.82) is 0 Å². The Morgan fingerprint density at radius 1 is 0.919 bits per heavy atom. The second-order valence-electron chi connectivity index (χ2n) is 8.49. The summed E-state index contributed by atoms with van der Waals surface area (Å²) in [6, 6.07) is 21.2. The summed E-state index contributed by atoms with van der Waals surface area (Å²) in [5.41, 5.74) is 2.07. The molecule has 0 aliphatic carbocycles. The molecule has 1 N–H and O–H groups in total. The van der Waals surface area contributed by atoms with E-state index in [4.69, 9.17) is 27.9 Å². The molecular formula is C27H25Cl2N5O3. The Balaban J connectivity index is 1.65. The van der Waals surface area contributed by atoms with Gasteiger partial charge in [0.15, 0.2) is 17.4 Å². The minimum Gasteiger partial charge on any atom is -0.445 e. The maximum atomic E-state index is 13.6. The molecule has 0 saturated carbocycles. The highest BCUT2D eigenvalue weighted by molar-refractivity contribution is 6.35. The molecule has 0 bridgehead atoms. The van der Waals surface area contributed by atoms with Crippen LogP contribution < -0.4 is 5.32 Å². The molecule has 8 nitrogen and oxygen atoms in total. The molecule has 3 aromatic carbocycles.